The van der Waals surface area contributed by atoms with Crippen molar-refractivity contribution in [1.29, 1.82) is 15.8 Å². The molecule has 8 aromatic rings. The number of hydrogen-bond donors (Lipinski definition) is 0. The van der Waals surface area contributed by atoms with Crippen LogP contribution in [0.2, 0.25) is 0 Å². The van der Waals surface area contributed by atoms with Crippen LogP contribution in [0.4, 0.5) is 0 Å². The first kappa shape index (κ1) is 30.4. The largest absolute Gasteiger partial charge is 0.309 e. The molecule has 0 N–H and O–H groups in total. The molecule has 0 saturated carbocycles. The van der Waals surface area contributed by atoms with Gasteiger partial charge in [0.25, 0.3) is 0 Å². The summed E-state index contributed by atoms with van der Waals surface area (Å²) in [5, 5.41) is 37.8. The Morgan fingerprint density at radius 2 is 1.02 bits per heavy atom. The average Bonchev–Trinajstić information content (AvgIpc) is 3.52. The molecule has 0 aliphatic rings. The molecule has 1 aromatic heterocycles. The summed E-state index contributed by atoms with van der Waals surface area (Å²) < 4.78 is 2.18. The van der Waals surface area contributed by atoms with E-state index in [-0.39, 0.29) is 0 Å². The maximum Gasteiger partial charge on any atom is 0.180 e. The lowest BCUT2D eigenvalue weighted by Crippen LogP contribution is -2.75. The highest BCUT2D eigenvalue weighted by molar-refractivity contribution is 7.20. The van der Waals surface area contributed by atoms with Crippen LogP contribution in [0.15, 0.2) is 170 Å². The summed E-state index contributed by atoms with van der Waals surface area (Å²) in [6.07, 6.45) is 0. The highest BCUT2D eigenvalue weighted by Crippen LogP contribution is 2.39. The zero-order valence-corrected chi connectivity index (χ0v) is 28.0. The fourth-order valence-corrected chi connectivity index (χ4v) is 12.6. The lowest BCUT2D eigenvalue weighted by atomic mass is 9.94. The minimum Gasteiger partial charge on any atom is -0.309 e. The summed E-state index contributed by atoms with van der Waals surface area (Å²) in [7, 11) is -3.06. The number of benzene rings is 7. The van der Waals surface area contributed by atoms with Crippen LogP contribution < -0.4 is 20.7 Å². The lowest BCUT2D eigenvalue weighted by Gasteiger charge is -2.36. The van der Waals surface area contributed by atoms with Crippen LogP contribution in [-0.2, 0) is 0 Å². The number of nitriles is 3. The van der Waals surface area contributed by atoms with Crippen LogP contribution in [0.5, 0.6) is 0 Å². The van der Waals surface area contributed by atoms with Crippen molar-refractivity contribution in [2.24, 2.45) is 0 Å². The molecule has 4 nitrogen and oxygen atoms in total. The first-order chi connectivity index (χ1) is 24.7. The van der Waals surface area contributed by atoms with Crippen LogP contribution >= 0.6 is 0 Å². The van der Waals surface area contributed by atoms with Gasteiger partial charge in [0.15, 0.2) is 8.07 Å². The van der Waals surface area contributed by atoms with E-state index in [2.05, 4.69) is 126 Å². The summed E-state index contributed by atoms with van der Waals surface area (Å²) in [5.74, 6) is 0. The second-order valence-electron chi connectivity index (χ2n) is 12.2. The van der Waals surface area contributed by atoms with Crippen molar-refractivity contribution in [2.75, 3.05) is 0 Å². The van der Waals surface area contributed by atoms with Crippen LogP contribution in [0, 0.1) is 34.0 Å². The van der Waals surface area contributed by atoms with E-state index in [4.69, 9.17) is 0 Å². The van der Waals surface area contributed by atoms with Gasteiger partial charge in [-0.3, -0.25) is 0 Å². The highest BCUT2D eigenvalue weighted by atomic mass is 28.3. The summed E-state index contributed by atoms with van der Waals surface area (Å²) in [6, 6.07) is 65.2. The second kappa shape index (κ2) is 12.6. The van der Waals surface area contributed by atoms with E-state index in [1.165, 1.54) is 15.6 Å². The third kappa shape index (κ3) is 4.64. The molecular formula is C45H28N4Si. The first-order valence-corrected chi connectivity index (χ1v) is 18.4. The van der Waals surface area contributed by atoms with E-state index in [1.54, 1.807) is 6.07 Å². The molecule has 0 amide bonds. The van der Waals surface area contributed by atoms with Gasteiger partial charge in [0, 0.05) is 16.3 Å². The number of aromatic nitrogens is 1. The van der Waals surface area contributed by atoms with Crippen LogP contribution in [0.25, 0.3) is 38.6 Å². The normalized spacial score (nSPS) is 11.1. The minimum atomic E-state index is -3.06. The Morgan fingerprint density at radius 1 is 0.460 bits per heavy atom. The third-order valence-electron chi connectivity index (χ3n) is 9.68. The number of fused-ring (bicyclic) bond motifs is 3. The Hall–Kier alpha value is -6.97. The molecule has 7 aromatic carbocycles. The van der Waals surface area contributed by atoms with Crippen molar-refractivity contribution in [3.63, 3.8) is 0 Å². The average molecular weight is 653 g/mol. The van der Waals surface area contributed by atoms with Crippen molar-refractivity contribution in [1.82, 2.24) is 4.57 Å². The molecule has 232 valence electrons. The van der Waals surface area contributed by atoms with Gasteiger partial charge in [-0.15, -0.1) is 0 Å². The maximum absolute atomic E-state index is 10.9. The Balaban J connectivity index is 1.56. The Labute approximate surface area is 291 Å². The summed E-state index contributed by atoms with van der Waals surface area (Å²) >= 11 is 0. The monoisotopic (exact) mass is 652 g/mol. The molecule has 0 spiro atoms. The van der Waals surface area contributed by atoms with Crippen LogP contribution in [0.3, 0.4) is 0 Å². The van der Waals surface area contributed by atoms with Crippen molar-refractivity contribution in [2.45, 2.75) is 0 Å². The summed E-state index contributed by atoms with van der Waals surface area (Å²) in [4.78, 5) is 0. The van der Waals surface area contributed by atoms with Crippen molar-refractivity contribution < 1.29 is 0 Å². The molecule has 5 heteroatoms. The number of hydrogen-bond acceptors (Lipinski definition) is 3. The predicted octanol–water partition coefficient (Wildman–Crippen LogP) is 7.44. The van der Waals surface area contributed by atoms with Crippen molar-refractivity contribution in [3.8, 4) is 35.0 Å². The Kier molecular flexibility index (Phi) is 7.63. The fourth-order valence-electron chi connectivity index (χ4n) is 7.62. The molecule has 0 bridgehead atoms. The third-order valence-corrected chi connectivity index (χ3v) is 14.5. The fraction of sp³-hybridized carbons (Fsp3) is 0. The molecule has 0 aliphatic carbocycles. The van der Waals surface area contributed by atoms with Crippen molar-refractivity contribution >= 4 is 50.6 Å². The van der Waals surface area contributed by atoms with E-state index in [0.717, 1.165) is 38.2 Å². The first-order valence-electron chi connectivity index (χ1n) is 16.4. The maximum atomic E-state index is 10.9. The van der Waals surface area contributed by atoms with Gasteiger partial charge in [-0.1, -0.05) is 133 Å². The van der Waals surface area contributed by atoms with Gasteiger partial charge >= 0.3 is 0 Å². The lowest BCUT2D eigenvalue weighted by molar-refractivity contribution is 1.18. The zero-order valence-electron chi connectivity index (χ0n) is 27.0. The topological polar surface area (TPSA) is 76.3 Å². The van der Waals surface area contributed by atoms with E-state index < -0.39 is 8.07 Å². The molecule has 8 rings (SSSR count). The molecule has 50 heavy (non-hydrogen) atoms. The smallest absolute Gasteiger partial charge is 0.180 e. The van der Waals surface area contributed by atoms with Gasteiger partial charge in [-0.2, -0.15) is 15.8 Å². The van der Waals surface area contributed by atoms with Crippen LogP contribution in [0.1, 0.15) is 16.7 Å². The molecule has 0 atom stereocenters. The summed E-state index contributed by atoms with van der Waals surface area (Å²) in [5.41, 5.74) is 5.48. The molecule has 0 fully saturated rings. The molecule has 0 radical (unpaired) electrons. The molecule has 1 heterocycles. The molecule has 0 unspecified atom stereocenters. The zero-order chi connectivity index (χ0) is 34.1. The minimum absolute atomic E-state index is 0.319. The van der Waals surface area contributed by atoms with Gasteiger partial charge < -0.3 is 4.57 Å². The predicted molar refractivity (Wildman–Crippen MR) is 204 cm³/mol. The van der Waals surface area contributed by atoms with E-state index in [1.807, 2.05) is 60.7 Å². The standard InChI is InChI=1S/C45H28N4Si/c46-29-32-24-26-42-39(28-32)37-20-10-12-22-41(37)49(42)43-27-25-33(30-47)40(31-48)45(43)38-21-11-13-23-44(38)50(34-14-4-1-5-15-34,35-16-6-2-7-17-35)36-18-8-3-9-19-36/h1-28H. The molecule has 0 aliphatic heterocycles. The van der Waals surface area contributed by atoms with Gasteiger partial charge in [-0.05, 0) is 62.7 Å². The van der Waals surface area contributed by atoms with E-state index in [0.29, 0.717) is 22.3 Å². The van der Waals surface area contributed by atoms with Crippen LogP contribution in [-0.4, -0.2) is 12.6 Å². The highest BCUT2D eigenvalue weighted by Gasteiger charge is 2.43. The van der Waals surface area contributed by atoms with E-state index in [9.17, 15) is 15.8 Å². The number of para-hydroxylation sites is 1. The van der Waals surface area contributed by atoms with Gasteiger partial charge in [0.05, 0.1) is 39.5 Å². The van der Waals surface area contributed by atoms with Gasteiger partial charge in [0.2, 0.25) is 0 Å². The van der Waals surface area contributed by atoms with Gasteiger partial charge in [0.1, 0.15) is 12.1 Å². The molecular weight excluding hydrogens is 625 g/mol. The SMILES string of the molecule is N#Cc1ccc2c(c1)c1ccccc1n2-c1ccc(C#N)c(C#N)c1-c1ccccc1[Si](c1ccccc1)(c1ccccc1)c1ccccc1. The molecule has 0 saturated heterocycles. The van der Waals surface area contributed by atoms with Crippen molar-refractivity contribution in [3.05, 3.63) is 187 Å². The van der Waals surface area contributed by atoms with E-state index >= 15 is 0 Å². The number of nitrogens with zero attached hydrogens (tertiary/aromatic N) is 4. The van der Waals surface area contributed by atoms with Gasteiger partial charge in [-0.25, -0.2) is 0 Å². The Morgan fingerprint density at radius 3 is 1.62 bits per heavy atom. The summed E-state index contributed by atoms with van der Waals surface area (Å²) in [6.45, 7) is 0. The number of rotatable bonds is 6. The Bertz CT molecular complexity index is 2580. The quantitative estimate of drug-likeness (QED) is 0.138. The second-order valence-corrected chi connectivity index (χ2v) is 16.0.